The Morgan fingerprint density at radius 3 is 1.83 bits per heavy atom. The highest BCUT2D eigenvalue weighted by Crippen LogP contribution is 2.46. The number of amides is 2. The lowest BCUT2D eigenvalue weighted by atomic mass is 10.2. The summed E-state index contributed by atoms with van der Waals surface area (Å²) in [5, 5.41) is 44.8. The van der Waals surface area contributed by atoms with E-state index < -0.39 is 40.9 Å². The van der Waals surface area contributed by atoms with Crippen LogP contribution in [0.25, 0.3) is 0 Å². The third-order valence-corrected chi connectivity index (χ3v) is 13.0. The van der Waals surface area contributed by atoms with Crippen LogP contribution in [0.5, 0.6) is 0 Å². The molecule has 0 aromatic rings. The molecule has 0 radical (unpaired) electrons. The zero-order valence-corrected chi connectivity index (χ0v) is 34.8. The number of halogens is 2. The number of nitrogens with one attached hydrogen (secondary N) is 2. The summed E-state index contributed by atoms with van der Waals surface area (Å²) in [5.41, 5.74) is -1.75. The molecule has 47 heavy (non-hydrogen) atoms. The minimum Gasteiger partial charge on any atom is -0.481 e. The number of aliphatic hydroxyl groups is 2. The van der Waals surface area contributed by atoms with E-state index in [0.29, 0.717) is 61.1 Å². The number of carboxylic acid groups (broad SMARTS) is 2. The Morgan fingerprint density at radius 2 is 1.36 bits per heavy atom. The van der Waals surface area contributed by atoms with Crippen LogP contribution in [-0.4, -0.2) is 182 Å². The molecule has 0 saturated carbocycles. The summed E-state index contributed by atoms with van der Waals surface area (Å²) in [6.07, 6.45) is -0.644. The third kappa shape index (κ3) is 24.8. The van der Waals surface area contributed by atoms with Gasteiger partial charge in [0, 0.05) is 25.9 Å². The maximum absolute atomic E-state index is 12.4. The smallest absolute Gasteiger partial charge is 0.304 e. The lowest BCUT2D eigenvalue weighted by Gasteiger charge is -2.32. The highest BCUT2D eigenvalue weighted by Gasteiger charge is 2.27. The summed E-state index contributed by atoms with van der Waals surface area (Å²) in [6.45, 7) is 5.58. The van der Waals surface area contributed by atoms with Crippen LogP contribution in [0.2, 0.25) is 0 Å². The first-order chi connectivity index (χ1) is 21.8. The summed E-state index contributed by atoms with van der Waals surface area (Å²) in [4.78, 5) is 47.5. The van der Waals surface area contributed by atoms with Gasteiger partial charge in [0.15, 0.2) is 0 Å². The Labute approximate surface area is 310 Å². The molecule has 0 aliphatic heterocycles. The van der Waals surface area contributed by atoms with Crippen molar-refractivity contribution in [3.63, 3.8) is 0 Å². The number of aliphatic hydroxyl groups excluding tert-OH is 2. The van der Waals surface area contributed by atoms with E-state index in [2.05, 4.69) is 55.0 Å². The van der Waals surface area contributed by atoms with Gasteiger partial charge in [0.2, 0.25) is 16.7 Å². The Morgan fingerprint density at radius 1 is 0.872 bits per heavy atom. The SMILES string of the molecule is BP(I)C(CC(=O)O)C(=O)NCCC[N+](C)(C)CC(O)COC(C)COCC(O)C[N+](C)(C)CCCNC(=O)C(CC(=O)O)PBI. The van der Waals surface area contributed by atoms with Crippen molar-refractivity contribution in [3.8, 4) is 0 Å². The second-order valence-electron chi connectivity index (χ2n) is 13.1. The topological polar surface area (TPSA) is 192 Å². The molecule has 0 rings (SSSR count). The average molecular weight is 934 g/mol. The van der Waals surface area contributed by atoms with Crippen LogP contribution in [0.1, 0.15) is 32.6 Å². The number of nitrogens with zero attached hydrogens (tertiary/aromatic N) is 2. The molecule has 0 aromatic carbocycles. The van der Waals surface area contributed by atoms with E-state index in [-0.39, 0.29) is 59.0 Å². The van der Waals surface area contributed by atoms with Crippen molar-refractivity contribution < 1.29 is 58.0 Å². The average Bonchev–Trinajstić information content (AvgIpc) is 2.93. The van der Waals surface area contributed by atoms with E-state index in [9.17, 15) is 29.4 Å². The zero-order valence-electron chi connectivity index (χ0n) is 28.6. The molecule has 272 valence electrons. The zero-order chi connectivity index (χ0) is 36.2. The molecule has 0 spiro atoms. The lowest BCUT2D eigenvalue weighted by Crippen LogP contribution is -2.48. The fraction of sp³-hybridized carbons (Fsp3) is 0.852. The van der Waals surface area contributed by atoms with Crippen molar-refractivity contribution in [1.82, 2.24) is 10.6 Å². The van der Waals surface area contributed by atoms with E-state index in [1.807, 2.05) is 42.7 Å². The minimum atomic E-state index is -0.978. The first-order valence-electron chi connectivity index (χ1n) is 15.6. The normalized spacial score (nSPS) is 16.2. The number of hydrogen-bond donors (Lipinski definition) is 6. The molecule has 7 atom stereocenters. The maximum Gasteiger partial charge on any atom is 0.304 e. The molecule has 0 aromatic heterocycles. The molecule has 0 bridgehead atoms. The van der Waals surface area contributed by atoms with Crippen LogP contribution < -0.4 is 10.6 Å². The van der Waals surface area contributed by atoms with Crippen molar-refractivity contribution in [3.05, 3.63) is 0 Å². The Bertz CT molecular complexity index is 963. The molecule has 0 aliphatic carbocycles. The lowest BCUT2D eigenvalue weighted by molar-refractivity contribution is -0.893. The van der Waals surface area contributed by atoms with Crippen molar-refractivity contribution in [1.29, 1.82) is 0 Å². The fourth-order valence-corrected chi connectivity index (χ4v) is 9.43. The third-order valence-electron chi connectivity index (χ3n) is 7.24. The van der Waals surface area contributed by atoms with Gasteiger partial charge in [0.25, 0.3) is 0 Å². The molecule has 7 unspecified atom stereocenters. The second-order valence-corrected chi connectivity index (χ2v) is 23.0. The number of likely N-dealkylation sites (N-methyl/N-ethyl adjacent to an activating group) is 2. The largest absolute Gasteiger partial charge is 0.481 e. The molecule has 14 nitrogen and oxygen atoms in total. The number of rotatable bonds is 28. The van der Waals surface area contributed by atoms with Crippen molar-refractivity contribution >= 4 is 94.5 Å². The Balaban J connectivity index is 4.28. The maximum atomic E-state index is 12.4. The Hall–Kier alpha value is 0.0899. The van der Waals surface area contributed by atoms with Gasteiger partial charge in [-0.2, -0.15) is 0 Å². The molecule has 0 saturated heterocycles. The van der Waals surface area contributed by atoms with Gasteiger partial charge in [-0.3, -0.25) is 19.2 Å². The molecular formula is C27H56B2I2N4O10P2+2. The first-order valence-corrected chi connectivity index (χ1v) is 23.1. The number of quaternary nitrogens is 2. The van der Waals surface area contributed by atoms with Crippen LogP contribution in [0.3, 0.4) is 0 Å². The van der Waals surface area contributed by atoms with Crippen LogP contribution in [0.15, 0.2) is 0 Å². The number of hydrogen-bond acceptors (Lipinski definition) is 8. The Kier molecular flexibility index (Phi) is 25.2. The van der Waals surface area contributed by atoms with Crippen LogP contribution >= 0.6 is 58.3 Å². The quantitative estimate of drug-likeness (QED) is 0.0201. The van der Waals surface area contributed by atoms with Gasteiger partial charge in [-0.15, -0.1) is 30.8 Å². The van der Waals surface area contributed by atoms with E-state index in [1.165, 1.54) is 0 Å². The van der Waals surface area contributed by atoms with Crippen molar-refractivity contribution in [2.24, 2.45) is 0 Å². The molecule has 0 heterocycles. The van der Waals surface area contributed by atoms with Crippen molar-refractivity contribution in [2.75, 3.05) is 87.3 Å². The monoisotopic (exact) mass is 934 g/mol. The van der Waals surface area contributed by atoms with Gasteiger partial charge < -0.3 is 49.5 Å². The number of carbonyl (C=O) groups is 4. The number of carboxylic acids is 2. The predicted molar refractivity (Wildman–Crippen MR) is 208 cm³/mol. The highest BCUT2D eigenvalue weighted by atomic mass is 127. The molecule has 2 amide bonds. The summed E-state index contributed by atoms with van der Waals surface area (Å²) in [7, 11) is 10.1. The van der Waals surface area contributed by atoms with E-state index in [4.69, 9.17) is 19.7 Å². The van der Waals surface area contributed by atoms with Gasteiger partial charge in [-0.05, 0) is 6.92 Å². The van der Waals surface area contributed by atoms with Gasteiger partial charge in [-0.1, -0.05) is 27.5 Å². The van der Waals surface area contributed by atoms with Crippen molar-refractivity contribution in [2.45, 2.75) is 62.2 Å². The molecule has 6 N–H and O–H groups in total. The van der Waals surface area contributed by atoms with Crippen LogP contribution in [0.4, 0.5) is 0 Å². The van der Waals surface area contributed by atoms with Crippen LogP contribution in [0, 0.1) is 0 Å². The molecule has 0 fully saturated rings. The van der Waals surface area contributed by atoms with Crippen LogP contribution in [-0.2, 0) is 28.7 Å². The second kappa shape index (κ2) is 25.1. The highest BCUT2D eigenvalue weighted by molar-refractivity contribution is 14.2. The predicted octanol–water partition coefficient (Wildman–Crippen LogP) is -0.258. The first kappa shape index (κ1) is 47.1. The standard InChI is InChI=1S/C27H54B2I2N4O10P2/c1-19(45-18-21(37)15-35(4,5)11-7-9-33-27(43)23(47(28)31)13-25(40)41)16-44-17-20(36)14-34(2,3)10-6-8-32-26(42)22(46-29-30)12-24(38)39/h19-23,29,36-37,46H,6-18,28H2,1-5H3,(H2-2,32,33,38,39,40,41,42,43)/p+2. The summed E-state index contributed by atoms with van der Waals surface area (Å²) >= 11 is 4.28. The molecule has 0 aliphatic rings. The summed E-state index contributed by atoms with van der Waals surface area (Å²) < 4.78 is 12.5. The van der Waals surface area contributed by atoms with Gasteiger partial charge in [0.1, 0.15) is 32.9 Å². The minimum absolute atomic E-state index is 0.133. The van der Waals surface area contributed by atoms with Gasteiger partial charge in [-0.25, -0.2) is 0 Å². The van der Waals surface area contributed by atoms with Gasteiger partial charge in [0.05, 0.1) is 91.4 Å². The fourth-order valence-electron chi connectivity index (χ4n) is 4.87. The number of ether oxygens (including phenoxy) is 2. The van der Waals surface area contributed by atoms with E-state index in [0.717, 1.165) is 4.86 Å². The van der Waals surface area contributed by atoms with E-state index in [1.54, 1.807) is 0 Å². The molecular weight excluding hydrogens is 878 g/mol. The van der Waals surface area contributed by atoms with E-state index >= 15 is 0 Å². The number of aliphatic carboxylic acids is 2. The summed E-state index contributed by atoms with van der Waals surface area (Å²) in [6, 6.07) is 0. The van der Waals surface area contributed by atoms with Gasteiger partial charge >= 0.3 is 11.9 Å². The number of carbonyl (C=O) groups excluding carboxylic acids is 2. The molecule has 20 heteroatoms. The summed E-state index contributed by atoms with van der Waals surface area (Å²) in [5.74, 6) is -2.40.